The number of para-hydroxylation sites is 1. The third kappa shape index (κ3) is 5.57. The number of carbonyl (C=O) groups is 1. The van der Waals surface area contributed by atoms with E-state index in [0.717, 1.165) is 48.9 Å². The molecule has 1 amide bonds. The van der Waals surface area contributed by atoms with Gasteiger partial charge in [-0.2, -0.15) is 5.10 Å². The summed E-state index contributed by atoms with van der Waals surface area (Å²) in [6.45, 7) is 10.6. The minimum atomic E-state index is -0.469. The van der Waals surface area contributed by atoms with E-state index >= 15 is 0 Å². The number of nitro groups is 1. The van der Waals surface area contributed by atoms with Gasteiger partial charge in [0.05, 0.1) is 22.8 Å². The number of aromatic nitrogens is 2. The van der Waals surface area contributed by atoms with E-state index in [4.69, 9.17) is 5.10 Å². The number of piperazine rings is 1. The number of carbonyl (C=O) groups excluding carboxylic acids is 1. The lowest BCUT2D eigenvalue weighted by Gasteiger charge is -2.35. The Kier molecular flexibility index (Phi) is 7.69. The Balaban J connectivity index is 1.75. The molecule has 1 aliphatic heterocycles. The first-order valence-electron chi connectivity index (χ1n) is 12.4. The Labute approximate surface area is 212 Å². The summed E-state index contributed by atoms with van der Waals surface area (Å²) < 4.78 is 1.99. The molecule has 2 heterocycles. The zero-order chi connectivity index (χ0) is 25.8. The van der Waals surface area contributed by atoms with Gasteiger partial charge >= 0.3 is 0 Å². The maximum Gasteiger partial charge on any atom is 0.270 e. The Hall–Kier alpha value is -3.72. The molecule has 0 spiro atoms. The molecule has 1 fully saturated rings. The van der Waals surface area contributed by atoms with Crippen molar-refractivity contribution in [3.05, 3.63) is 81.5 Å². The molecule has 9 nitrogen and oxygen atoms in total. The molecule has 9 heteroatoms. The summed E-state index contributed by atoms with van der Waals surface area (Å²) in [5, 5.41) is 16.2. The number of hydrogen-bond acceptors (Lipinski definition) is 6. The normalized spacial score (nSPS) is 14.3. The van der Waals surface area contributed by atoms with Crippen LogP contribution in [0.3, 0.4) is 0 Å². The molecule has 0 unspecified atom stereocenters. The topological polar surface area (TPSA) is 87.8 Å². The molecule has 0 bridgehead atoms. The number of nitro benzene ring substituents is 1. The summed E-state index contributed by atoms with van der Waals surface area (Å²) in [6.07, 6.45) is 0. The van der Waals surface area contributed by atoms with Crippen LogP contribution in [0.4, 0.5) is 11.5 Å². The molecule has 1 aromatic heterocycles. The van der Waals surface area contributed by atoms with Gasteiger partial charge in [0.25, 0.3) is 11.6 Å². The largest absolute Gasteiger partial charge is 0.354 e. The maximum absolute atomic E-state index is 13.6. The summed E-state index contributed by atoms with van der Waals surface area (Å²) in [6, 6.07) is 16.0. The minimum absolute atomic E-state index is 0.0865. The van der Waals surface area contributed by atoms with Crippen molar-refractivity contribution in [3.8, 4) is 5.69 Å². The van der Waals surface area contributed by atoms with Crippen LogP contribution in [0.2, 0.25) is 0 Å². The first-order chi connectivity index (χ1) is 17.2. The first kappa shape index (κ1) is 25.4. The number of hydrogen-bond donors (Lipinski definition) is 0. The summed E-state index contributed by atoms with van der Waals surface area (Å²) in [5.74, 6) is 1.01. The highest BCUT2D eigenvalue weighted by molar-refractivity contribution is 5.95. The first-order valence-corrected chi connectivity index (χ1v) is 12.4. The molecule has 1 aliphatic rings. The van der Waals surface area contributed by atoms with Crippen LogP contribution in [0.25, 0.3) is 5.69 Å². The number of likely N-dealkylation sites (N-methyl/N-ethyl adjacent to an activating group) is 1. The van der Waals surface area contributed by atoms with Crippen molar-refractivity contribution in [2.45, 2.75) is 27.3 Å². The summed E-state index contributed by atoms with van der Waals surface area (Å²) in [5.41, 5.74) is 3.08. The zero-order valence-electron chi connectivity index (χ0n) is 21.4. The number of benzene rings is 2. The molecule has 4 rings (SSSR count). The predicted molar refractivity (Wildman–Crippen MR) is 141 cm³/mol. The summed E-state index contributed by atoms with van der Waals surface area (Å²) >= 11 is 0. The van der Waals surface area contributed by atoms with Crippen LogP contribution in [-0.2, 0) is 6.54 Å². The SMILES string of the molecule is Cc1nn(-c2ccccc2)c(N2CCN(C)CC2)c1CN(CC(C)C)C(=O)c1cccc([N+](=O)[O-])c1. The number of anilines is 1. The van der Waals surface area contributed by atoms with Gasteiger partial charge in [0.15, 0.2) is 0 Å². The molecule has 190 valence electrons. The molecule has 0 N–H and O–H groups in total. The van der Waals surface area contributed by atoms with Crippen LogP contribution < -0.4 is 4.90 Å². The molecular weight excluding hydrogens is 456 g/mol. The number of rotatable bonds is 8. The van der Waals surface area contributed by atoms with Crippen LogP contribution >= 0.6 is 0 Å². The van der Waals surface area contributed by atoms with E-state index in [1.807, 2.05) is 41.9 Å². The average molecular weight is 491 g/mol. The number of nitrogens with zero attached hydrogens (tertiary/aromatic N) is 6. The third-order valence-corrected chi connectivity index (χ3v) is 6.49. The van der Waals surface area contributed by atoms with Gasteiger partial charge in [-0.25, -0.2) is 4.68 Å². The fraction of sp³-hybridized carbons (Fsp3) is 0.407. The molecule has 36 heavy (non-hydrogen) atoms. The van der Waals surface area contributed by atoms with Gasteiger partial charge in [0.1, 0.15) is 5.82 Å². The average Bonchev–Trinajstić information content (AvgIpc) is 3.19. The Morgan fingerprint density at radius 2 is 1.78 bits per heavy atom. The standard InChI is InChI=1S/C27H34N6O3/c1-20(2)18-31(27(34)22-9-8-12-24(17-22)33(35)36)19-25-21(3)28-32(23-10-6-5-7-11-23)26(25)30-15-13-29(4)14-16-30/h5-12,17,20H,13-16,18-19H2,1-4H3. The fourth-order valence-electron chi connectivity index (χ4n) is 4.61. The number of non-ortho nitro benzene ring substituents is 1. The summed E-state index contributed by atoms with van der Waals surface area (Å²) in [4.78, 5) is 30.9. The second-order valence-corrected chi connectivity index (χ2v) is 9.81. The zero-order valence-corrected chi connectivity index (χ0v) is 21.4. The van der Waals surface area contributed by atoms with E-state index < -0.39 is 4.92 Å². The molecule has 0 atom stereocenters. The lowest BCUT2D eigenvalue weighted by atomic mass is 10.1. The van der Waals surface area contributed by atoms with Crippen LogP contribution in [0.1, 0.15) is 35.5 Å². The minimum Gasteiger partial charge on any atom is -0.354 e. The van der Waals surface area contributed by atoms with Crippen molar-refractivity contribution in [2.75, 3.05) is 44.7 Å². The fourth-order valence-corrected chi connectivity index (χ4v) is 4.61. The molecule has 2 aromatic carbocycles. The van der Waals surface area contributed by atoms with Gasteiger partial charge in [-0.15, -0.1) is 0 Å². The molecule has 0 saturated carbocycles. The Morgan fingerprint density at radius 1 is 1.08 bits per heavy atom. The van der Waals surface area contributed by atoms with E-state index in [1.54, 1.807) is 17.0 Å². The molecule has 0 aliphatic carbocycles. The van der Waals surface area contributed by atoms with E-state index in [1.165, 1.54) is 12.1 Å². The van der Waals surface area contributed by atoms with Crippen molar-refractivity contribution in [3.63, 3.8) is 0 Å². The smallest absolute Gasteiger partial charge is 0.270 e. The quantitative estimate of drug-likeness (QED) is 0.348. The van der Waals surface area contributed by atoms with E-state index in [-0.39, 0.29) is 17.5 Å². The molecule has 3 aromatic rings. The maximum atomic E-state index is 13.6. The van der Waals surface area contributed by atoms with Gasteiger partial charge in [-0.1, -0.05) is 38.1 Å². The highest BCUT2D eigenvalue weighted by Gasteiger charge is 2.28. The number of aryl methyl sites for hydroxylation is 1. The van der Waals surface area contributed by atoms with Gasteiger partial charge in [-0.05, 0) is 38.1 Å². The second-order valence-electron chi connectivity index (χ2n) is 9.81. The van der Waals surface area contributed by atoms with Gasteiger partial charge in [0, 0.05) is 56.0 Å². The lowest BCUT2D eigenvalue weighted by molar-refractivity contribution is -0.384. The molecule has 0 radical (unpaired) electrons. The van der Waals surface area contributed by atoms with E-state index in [9.17, 15) is 14.9 Å². The molecular formula is C27H34N6O3. The van der Waals surface area contributed by atoms with E-state index in [0.29, 0.717) is 18.7 Å². The Bertz CT molecular complexity index is 1220. The van der Waals surface area contributed by atoms with Crippen LogP contribution in [0.5, 0.6) is 0 Å². The number of amides is 1. The van der Waals surface area contributed by atoms with Crippen molar-refractivity contribution in [2.24, 2.45) is 5.92 Å². The van der Waals surface area contributed by atoms with Crippen molar-refractivity contribution < 1.29 is 9.72 Å². The van der Waals surface area contributed by atoms with Crippen LogP contribution in [0.15, 0.2) is 54.6 Å². The second kappa shape index (κ2) is 10.9. The highest BCUT2D eigenvalue weighted by Crippen LogP contribution is 2.30. The third-order valence-electron chi connectivity index (χ3n) is 6.49. The van der Waals surface area contributed by atoms with Crippen LogP contribution in [-0.4, -0.2) is 70.2 Å². The van der Waals surface area contributed by atoms with E-state index in [2.05, 4.69) is 30.7 Å². The predicted octanol–water partition coefficient (Wildman–Crippen LogP) is 4.14. The van der Waals surface area contributed by atoms with Crippen molar-refractivity contribution >= 4 is 17.4 Å². The highest BCUT2D eigenvalue weighted by atomic mass is 16.6. The molecule has 1 saturated heterocycles. The van der Waals surface area contributed by atoms with Gasteiger partial charge in [0.2, 0.25) is 0 Å². The van der Waals surface area contributed by atoms with Crippen molar-refractivity contribution in [1.82, 2.24) is 19.6 Å². The van der Waals surface area contributed by atoms with Gasteiger partial charge in [-0.3, -0.25) is 14.9 Å². The Morgan fingerprint density at radius 3 is 2.42 bits per heavy atom. The van der Waals surface area contributed by atoms with Crippen molar-refractivity contribution in [1.29, 1.82) is 0 Å². The monoisotopic (exact) mass is 490 g/mol. The lowest BCUT2D eigenvalue weighted by Crippen LogP contribution is -2.45. The van der Waals surface area contributed by atoms with Gasteiger partial charge < -0.3 is 14.7 Å². The van der Waals surface area contributed by atoms with Crippen LogP contribution in [0, 0.1) is 23.0 Å². The summed E-state index contributed by atoms with van der Waals surface area (Å²) in [7, 11) is 2.13.